The third-order valence-electron chi connectivity index (χ3n) is 2.82. The van der Waals surface area contributed by atoms with E-state index in [4.69, 9.17) is 5.11 Å². The number of carbonyl (C=O) groups excluding carboxylic acids is 1. The summed E-state index contributed by atoms with van der Waals surface area (Å²) in [5.74, 6) is -0.970. The van der Waals surface area contributed by atoms with Gasteiger partial charge in [0.15, 0.2) is 0 Å². The van der Waals surface area contributed by atoms with Crippen LogP contribution in [-0.4, -0.2) is 36.6 Å². The van der Waals surface area contributed by atoms with Gasteiger partial charge in [0.2, 0.25) is 5.91 Å². The van der Waals surface area contributed by atoms with Crippen molar-refractivity contribution in [2.45, 2.75) is 45.6 Å². The molecule has 17 heavy (non-hydrogen) atoms. The molecule has 1 amide bonds. The van der Waals surface area contributed by atoms with Crippen molar-refractivity contribution in [1.82, 2.24) is 10.6 Å². The van der Waals surface area contributed by atoms with Crippen LogP contribution in [0.1, 0.15) is 39.5 Å². The Morgan fingerprint density at radius 2 is 1.88 bits per heavy atom. The topological polar surface area (TPSA) is 78.4 Å². The minimum Gasteiger partial charge on any atom is -0.481 e. The highest BCUT2D eigenvalue weighted by atomic mass is 16.4. The number of nitrogens with one attached hydrogen (secondary N) is 2. The molecule has 0 aliphatic carbocycles. The van der Waals surface area contributed by atoms with Gasteiger partial charge in [-0.15, -0.1) is 0 Å². The second-order valence-corrected chi connectivity index (χ2v) is 4.45. The van der Waals surface area contributed by atoms with E-state index in [9.17, 15) is 9.59 Å². The molecular formula is C12H24N2O3. The maximum atomic E-state index is 11.0. The van der Waals surface area contributed by atoms with Gasteiger partial charge in [-0.05, 0) is 19.8 Å². The summed E-state index contributed by atoms with van der Waals surface area (Å²) in [4.78, 5) is 21.6. The molecule has 5 nitrogen and oxygen atoms in total. The van der Waals surface area contributed by atoms with E-state index in [1.54, 1.807) is 14.0 Å². The van der Waals surface area contributed by atoms with Crippen molar-refractivity contribution >= 4 is 11.9 Å². The summed E-state index contributed by atoms with van der Waals surface area (Å²) >= 11 is 0. The Hall–Kier alpha value is -1.10. The van der Waals surface area contributed by atoms with E-state index in [0.29, 0.717) is 25.4 Å². The number of aliphatic carboxylic acids is 1. The van der Waals surface area contributed by atoms with Gasteiger partial charge in [-0.3, -0.25) is 9.59 Å². The van der Waals surface area contributed by atoms with Crippen LogP contribution >= 0.6 is 0 Å². The lowest BCUT2D eigenvalue weighted by Gasteiger charge is -2.14. The van der Waals surface area contributed by atoms with Gasteiger partial charge < -0.3 is 15.7 Å². The van der Waals surface area contributed by atoms with Crippen molar-refractivity contribution in [2.24, 2.45) is 5.92 Å². The molecule has 0 radical (unpaired) electrons. The molecule has 2 atom stereocenters. The number of carbonyl (C=O) groups is 2. The van der Waals surface area contributed by atoms with Gasteiger partial charge in [0.25, 0.3) is 0 Å². The lowest BCUT2D eigenvalue weighted by Crippen LogP contribution is -2.30. The van der Waals surface area contributed by atoms with Gasteiger partial charge in [-0.2, -0.15) is 0 Å². The molecule has 0 aromatic carbocycles. The van der Waals surface area contributed by atoms with E-state index >= 15 is 0 Å². The van der Waals surface area contributed by atoms with Gasteiger partial charge in [-0.1, -0.05) is 13.3 Å². The molecule has 0 spiro atoms. The SMILES string of the molecule is CNC(=O)CCNC(C)CCCC(C)C(=O)O. The molecule has 0 saturated carbocycles. The molecule has 0 aromatic rings. The molecule has 0 rings (SSSR count). The van der Waals surface area contributed by atoms with Crippen LogP contribution in [0, 0.1) is 5.92 Å². The van der Waals surface area contributed by atoms with Crippen molar-refractivity contribution in [1.29, 1.82) is 0 Å². The van der Waals surface area contributed by atoms with E-state index in [1.165, 1.54) is 0 Å². The molecule has 3 N–H and O–H groups in total. The first-order valence-corrected chi connectivity index (χ1v) is 6.14. The number of carboxylic acid groups (broad SMARTS) is 1. The van der Waals surface area contributed by atoms with Crippen LogP contribution in [-0.2, 0) is 9.59 Å². The fourth-order valence-corrected chi connectivity index (χ4v) is 1.51. The highest BCUT2D eigenvalue weighted by Gasteiger charge is 2.11. The van der Waals surface area contributed by atoms with Crippen molar-refractivity contribution in [3.8, 4) is 0 Å². The molecule has 0 aliphatic rings. The summed E-state index contributed by atoms with van der Waals surface area (Å²) in [5.41, 5.74) is 0. The maximum Gasteiger partial charge on any atom is 0.306 e. The summed E-state index contributed by atoms with van der Waals surface area (Å²) in [6.07, 6.45) is 3.01. The Kier molecular flexibility index (Phi) is 8.40. The summed E-state index contributed by atoms with van der Waals surface area (Å²) in [6, 6.07) is 0.320. The van der Waals surface area contributed by atoms with Crippen LogP contribution in [0.25, 0.3) is 0 Å². The number of hydrogen-bond acceptors (Lipinski definition) is 3. The van der Waals surface area contributed by atoms with E-state index in [-0.39, 0.29) is 11.8 Å². The molecule has 0 saturated heterocycles. The van der Waals surface area contributed by atoms with Crippen LogP contribution < -0.4 is 10.6 Å². The third kappa shape index (κ3) is 8.68. The third-order valence-corrected chi connectivity index (χ3v) is 2.82. The predicted molar refractivity (Wildman–Crippen MR) is 66.8 cm³/mol. The van der Waals surface area contributed by atoms with E-state index in [2.05, 4.69) is 17.6 Å². The zero-order valence-corrected chi connectivity index (χ0v) is 11.0. The number of amides is 1. The Bertz CT molecular complexity index is 244. The number of carboxylic acids is 1. The van der Waals surface area contributed by atoms with Crippen LogP contribution in [0.2, 0.25) is 0 Å². The molecular weight excluding hydrogens is 220 g/mol. The largest absolute Gasteiger partial charge is 0.481 e. The van der Waals surface area contributed by atoms with Crippen molar-refractivity contribution in [3.05, 3.63) is 0 Å². The van der Waals surface area contributed by atoms with Gasteiger partial charge >= 0.3 is 5.97 Å². The fourth-order valence-electron chi connectivity index (χ4n) is 1.51. The zero-order chi connectivity index (χ0) is 13.3. The standard InChI is InChI=1S/C12H24N2O3/c1-9(12(16)17)5-4-6-10(2)14-8-7-11(15)13-3/h9-10,14H,4-8H2,1-3H3,(H,13,15)(H,16,17). The molecule has 100 valence electrons. The number of rotatable bonds is 9. The van der Waals surface area contributed by atoms with Gasteiger partial charge in [-0.25, -0.2) is 0 Å². The lowest BCUT2D eigenvalue weighted by atomic mass is 10.0. The first-order valence-electron chi connectivity index (χ1n) is 6.14. The molecule has 0 aromatic heterocycles. The molecule has 0 heterocycles. The van der Waals surface area contributed by atoms with E-state index in [1.807, 2.05) is 0 Å². The van der Waals surface area contributed by atoms with Crippen LogP contribution in [0.5, 0.6) is 0 Å². The quantitative estimate of drug-likeness (QED) is 0.565. The van der Waals surface area contributed by atoms with E-state index < -0.39 is 5.97 Å². The van der Waals surface area contributed by atoms with Gasteiger partial charge in [0.1, 0.15) is 0 Å². The zero-order valence-electron chi connectivity index (χ0n) is 11.0. The molecule has 2 unspecified atom stereocenters. The van der Waals surface area contributed by atoms with Gasteiger partial charge in [0.05, 0.1) is 5.92 Å². The van der Waals surface area contributed by atoms with Gasteiger partial charge in [0, 0.05) is 26.1 Å². The summed E-state index contributed by atoms with van der Waals surface area (Å²) in [6.45, 7) is 4.44. The maximum absolute atomic E-state index is 11.0. The van der Waals surface area contributed by atoms with Crippen LogP contribution in [0.3, 0.4) is 0 Å². The number of hydrogen-bond donors (Lipinski definition) is 3. The Morgan fingerprint density at radius 3 is 2.41 bits per heavy atom. The minimum atomic E-state index is -0.731. The minimum absolute atomic E-state index is 0.0317. The Balaban J connectivity index is 3.50. The van der Waals surface area contributed by atoms with Crippen molar-refractivity contribution < 1.29 is 14.7 Å². The second kappa shape index (κ2) is 8.98. The predicted octanol–water partition coefficient (Wildman–Crippen LogP) is 0.992. The molecule has 0 bridgehead atoms. The average Bonchev–Trinajstić information content (AvgIpc) is 2.28. The van der Waals surface area contributed by atoms with Crippen LogP contribution in [0.4, 0.5) is 0 Å². The molecule has 0 fully saturated rings. The second-order valence-electron chi connectivity index (χ2n) is 4.45. The Morgan fingerprint density at radius 1 is 1.24 bits per heavy atom. The first-order chi connectivity index (χ1) is 7.97. The monoisotopic (exact) mass is 244 g/mol. The van der Waals surface area contributed by atoms with E-state index in [0.717, 1.165) is 12.8 Å². The Labute approximate surface area is 103 Å². The van der Waals surface area contributed by atoms with Crippen molar-refractivity contribution in [3.63, 3.8) is 0 Å². The molecule has 5 heteroatoms. The van der Waals surface area contributed by atoms with Crippen LogP contribution in [0.15, 0.2) is 0 Å². The average molecular weight is 244 g/mol. The summed E-state index contributed by atoms with van der Waals surface area (Å²) in [7, 11) is 1.62. The van der Waals surface area contributed by atoms with Crippen molar-refractivity contribution in [2.75, 3.05) is 13.6 Å². The summed E-state index contributed by atoms with van der Waals surface area (Å²) < 4.78 is 0. The highest BCUT2D eigenvalue weighted by Crippen LogP contribution is 2.09. The fraction of sp³-hybridized carbons (Fsp3) is 0.833. The smallest absolute Gasteiger partial charge is 0.306 e. The summed E-state index contributed by atoms with van der Waals surface area (Å²) in [5, 5.41) is 14.5. The molecule has 0 aliphatic heterocycles. The first kappa shape index (κ1) is 15.9. The normalized spacial score (nSPS) is 14.1. The lowest BCUT2D eigenvalue weighted by molar-refractivity contribution is -0.141. The highest BCUT2D eigenvalue weighted by molar-refractivity contribution is 5.75.